The Morgan fingerprint density at radius 3 is 2.16 bits per heavy atom. The van der Waals surface area contributed by atoms with Crippen molar-refractivity contribution in [2.45, 2.75) is 65.2 Å². The van der Waals surface area contributed by atoms with Crippen LogP contribution in [0.3, 0.4) is 0 Å². The van der Waals surface area contributed by atoms with Gasteiger partial charge in [0.2, 0.25) is 0 Å². The summed E-state index contributed by atoms with van der Waals surface area (Å²) in [6.07, 6.45) is 6.73. The first kappa shape index (κ1) is 21.5. The molecule has 0 aliphatic heterocycles. The van der Waals surface area contributed by atoms with E-state index in [1.54, 1.807) is 24.3 Å². The van der Waals surface area contributed by atoms with Crippen molar-refractivity contribution in [1.82, 2.24) is 0 Å². The quantitative estimate of drug-likeness (QED) is 0.275. The van der Waals surface area contributed by atoms with Crippen LogP contribution in [0.1, 0.15) is 65.2 Å². The van der Waals surface area contributed by atoms with E-state index in [1.165, 1.54) is 0 Å². The van der Waals surface area contributed by atoms with E-state index in [1.807, 2.05) is 13.8 Å². The number of hydrogen-bond donors (Lipinski definition) is 0. The van der Waals surface area contributed by atoms with Gasteiger partial charge in [0.05, 0.1) is 6.61 Å². The maximum atomic E-state index is 11.7. The van der Waals surface area contributed by atoms with Crippen molar-refractivity contribution in [2.75, 3.05) is 6.61 Å². The van der Waals surface area contributed by atoms with Crippen molar-refractivity contribution in [2.24, 2.45) is 5.92 Å². The lowest BCUT2D eigenvalue weighted by Crippen LogP contribution is -2.09. The topological polar surface area (TPSA) is 52.6 Å². The molecule has 25 heavy (non-hydrogen) atoms. The van der Waals surface area contributed by atoms with Crippen molar-refractivity contribution < 1.29 is 19.1 Å². The van der Waals surface area contributed by atoms with Gasteiger partial charge in [-0.1, -0.05) is 57.2 Å². The third-order valence-electron chi connectivity index (χ3n) is 3.62. The molecule has 0 aromatic heterocycles. The molecule has 0 atom stereocenters. The Morgan fingerprint density at radius 1 is 0.960 bits per heavy atom. The Bertz CT molecular complexity index is 528. The highest BCUT2D eigenvalue weighted by molar-refractivity contribution is 6.30. The van der Waals surface area contributed by atoms with Gasteiger partial charge in [-0.15, -0.1) is 0 Å². The average Bonchev–Trinajstić information content (AvgIpc) is 2.55. The molecule has 0 saturated carbocycles. The van der Waals surface area contributed by atoms with Gasteiger partial charge in [-0.3, -0.25) is 9.59 Å². The Hall–Kier alpha value is -1.55. The van der Waals surface area contributed by atoms with Crippen LogP contribution in [-0.4, -0.2) is 18.5 Å². The van der Waals surface area contributed by atoms with Gasteiger partial charge in [0, 0.05) is 17.9 Å². The molecule has 0 N–H and O–H groups in total. The molecule has 0 aliphatic carbocycles. The van der Waals surface area contributed by atoms with Gasteiger partial charge in [0.15, 0.2) is 0 Å². The predicted molar refractivity (Wildman–Crippen MR) is 99.8 cm³/mol. The number of carbonyl (C=O) groups is 2. The first-order chi connectivity index (χ1) is 12.0. The third kappa shape index (κ3) is 11.6. The van der Waals surface area contributed by atoms with Crippen molar-refractivity contribution >= 4 is 23.5 Å². The second kappa shape index (κ2) is 12.8. The van der Waals surface area contributed by atoms with Crippen LogP contribution >= 0.6 is 11.6 Å². The second-order valence-electron chi connectivity index (χ2n) is 6.63. The standard InChI is InChI=1S/C20H29ClO4/c1-16(2)15-24-19(22)12-7-5-3-4-6-8-13-20(23)25-18-11-9-10-17(21)14-18/h9-11,14,16H,3-8,12-13,15H2,1-2H3. The van der Waals surface area contributed by atoms with Gasteiger partial charge >= 0.3 is 11.9 Å². The fourth-order valence-corrected chi connectivity index (χ4v) is 2.47. The predicted octanol–water partition coefficient (Wildman–Crippen LogP) is 5.57. The molecule has 0 aliphatic rings. The normalized spacial score (nSPS) is 10.7. The van der Waals surface area contributed by atoms with Gasteiger partial charge in [0.1, 0.15) is 5.75 Å². The zero-order valence-corrected chi connectivity index (χ0v) is 16.0. The number of unbranched alkanes of at least 4 members (excludes halogenated alkanes) is 5. The fraction of sp³-hybridized carbons (Fsp3) is 0.600. The second-order valence-corrected chi connectivity index (χ2v) is 7.07. The minimum Gasteiger partial charge on any atom is -0.465 e. The van der Waals surface area contributed by atoms with Crippen molar-refractivity contribution in [3.63, 3.8) is 0 Å². The minimum absolute atomic E-state index is 0.0996. The third-order valence-corrected chi connectivity index (χ3v) is 3.85. The van der Waals surface area contributed by atoms with Crippen LogP contribution in [0.5, 0.6) is 5.75 Å². The summed E-state index contributed by atoms with van der Waals surface area (Å²) in [7, 11) is 0. The Balaban J connectivity index is 1.96. The molecule has 4 nitrogen and oxygen atoms in total. The monoisotopic (exact) mass is 368 g/mol. The first-order valence-electron chi connectivity index (χ1n) is 9.09. The van der Waals surface area contributed by atoms with E-state index in [0.29, 0.717) is 36.1 Å². The number of halogens is 1. The molecule has 5 heteroatoms. The summed E-state index contributed by atoms with van der Waals surface area (Å²) in [5.41, 5.74) is 0. The van der Waals surface area contributed by atoms with Crippen LogP contribution < -0.4 is 4.74 Å². The Labute approximate surface area is 155 Å². The Kier molecular flexibility index (Phi) is 11.0. The van der Waals surface area contributed by atoms with E-state index in [-0.39, 0.29) is 11.9 Å². The van der Waals surface area contributed by atoms with Gasteiger partial charge in [-0.25, -0.2) is 0 Å². The van der Waals surface area contributed by atoms with Crippen LogP contribution in [0.15, 0.2) is 24.3 Å². The summed E-state index contributed by atoms with van der Waals surface area (Å²) in [4.78, 5) is 23.2. The molecule has 0 fully saturated rings. The molecule has 140 valence electrons. The summed E-state index contributed by atoms with van der Waals surface area (Å²) < 4.78 is 10.4. The molecule has 0 bridgehead atoms. The maximum absolute atomic E-state index is 11.7. The lowest BCUT2D eigenvalue weighted by Gasteiger charge is -2.07. The van der Waals surface area contributed by atoms with Crippen LogP contribution in [0.4, 0.5) is 0 Å². The molecule has 0 amide bonds. The van der Waals surface area contributed by atoms with Gasteiger partial charge in [-0.05, 0) is 37.0 Å². The molecular formula is C20H29ClO4. The van der Waals surface area contributed by atoms with Crippen molar-refractivity contribution in [3.8, 4) is 5.75 Å². The zero-order valence-electron chi connectivity index (χ0n) is 15.3. The first-order valence-corrected chi connectivity index (χ1v) is 9.47. The number of benzene rings is 1. The maximum Gasteiger partial charge on any atom is 0.311 e. The van der Waals surface area contributed by atoms with E-state index < -0.39 is 0 Å². The summed E-state index contributed by atoms with van der Waals surface area (Å²) >= 11 is 5.85. The fourth-order valence-electron chi connectivity index (χ4n) is 2.29. The summed E-state index contributed by atoms with van der Waals surface area (Å²) in [5, 5.41) is 0.554. The SMILES string of the molecule is CC(C)COC(=O)CCCCCCCCC(=O)Oc1cccc(Cl)c1. The van der Waals surface area contributed by atoms with Crippen LogP contribution in [0.25, 0.3) is 0 Å². The van der Waals surface area contributed by atoms with E-state index in [2.05, 4.69) is 0 Å². The Morgan fingerprint density at radius 2 is 1.56 bits per heavy atom. The highest BCUT2D eigenvalue weighted by Crippen LogP contribution is 2.18. The van der Waals surface area contributed by atoms with Crippen molar-refractivity contribution in [1.29, 1.82) is 0 Å². The van der Waals surface area contributed by atoms with Gasteiger partial charge in [0.25, 0.3) is 0 Å². The molecule has 0 unspecified atom stereocenters. The molecular weight excluding hydrogens is 340 g/mol. The van der Waals surface area contributed by atoms with Gasteiger partial charge < -0.3 is 9.47 Å². The lowest BCUT2D eigenvalue weighted by molar-refractivity contribution is -0.144. The molecule has 0 saturated heterocycles. The van der Waals surface area contributed by atoms with Crippen LogP contribution in [0.2, 0.25) is 5.02 Å². The molecule has 1 aromatic rings. The zero-order chi connectivity index (χ0) is 18.5. The van der Waals surface area contributed by atoms with Crippen LogP contribution in [0, 0.1) is 5.92 Å². The summed E-state index contributed by atoms with van der Waals surface area (Å²) in [6, 6.07) is 6.84. The molecule has 0 radical (unpaired) electrons. The molecule has 0 heterocycles. The van der Waals surface area contributed by atoms with E-state index >= 15 is 0 Å². The molecule has 0 spiro atoms. The van der Waals surface area contributed by atoms with Crippen molar-refractivity contribution in [3.05, 3.63) is 29.3 Å². The van der Waals surface area contributed by atoms with Crippen LogP contribution in [-0.2, 0) is 14.3 Å². The minimum atomic E-state index is -0.227. The number of esters is 2. The molecule has 1 rings (SSSR count). The number of rotatable bonds is 12. The van der Waals surface area contributed by atoms with E-state index in [4.69, 9.17) is 21.1 Å². The largest absolute Gasteiger partial charge is 0.465 e. The van der Waals surface area contributed by atoms with Gasteiger partial charge in [-0.2, -0.15) is 0 Å². The average molecular weight is 369 g/mol. The van der Waals surface area contributed by atoms with E-state index in [0.717, 1.165) is 38.5 Å². The smallest absolute Gasteiger partial charge is 0.311 e. The summed E-state index contributed by atoms with van der Waals surface area (Å²) in [6.45, 7) is 4.56. The highest BCUT2D eigenvalue weighted by atomic mass is 35.5. The number of hydrogen-bond acceptors (Lipinski definition) is 4. The number of carbonyl (C=O) groups excluding carboxylic acids is 2. The molecule has 1 aromatic carbocycles. The summed E-state index contributed by atoms with van der Waals surface area (Å²) in [5.74, 6) is 0.545. The highest BCUT2D eigenvalue weighted by Gasteiger charge is 2.06. The van der Waals surface area contributed by atoms with E-state index in [9.17, 15) is 9.59 Å². The lowest BCUT2D eigenvalue weighted by atomic mass is 10.1. The number of ether oxygens (including phenoxy) is 2.